The van der Waals surface area contributed by atoms with E-state index in [-0.39, 0.29) is 12.3 Å². The summed E-state index contributed by atoms with van der Waals surface area (Å²) < 4.78 is 44.3. The molecule has 9 heteroatoms. The van der Waals surface area contributed by atoms with Gasteiger partial charge in [0.2, 0.25) is 0 Å². The number of rotatable bonds is 5. The molecule has 0 aromatic carbocycles. The molecule has 2 heterocycles. The molecule has 0 radical (unpaired) electrons. The van der Waals surface area contributed by atoms with Crippen molar-refractivity contribution in [2.75, 3.05) is 20.8 Å². The Kier molecular flexibility index (Phi) is 5.23. The Bertz CT molecular complexity index is 700. The van der Waals surface area contributed by atoms with Crippen molar-refractivity contribution in [1.29, 1.82) is 0 Å². The van der Waals surface area contributed by atoms with Crippen LogP contribution in [0, 0.1) is 0 Å². The summed E-state index contributed by atoms with van der Waals surface area (Å²) in [7, 11) is 4.25. The molecule has 0 fully saturated rings. The fraction of sp³-hybridized carbons (Fsp3) is 0.400. The molecule has 1 atom stereocenters. The first kappa shape index (κ1) is 17.9. The largest absolute Gasteiger partial charge is 0.435 e. The van der Waals surface area contributed by atoms with Crippen molar-refractivity contribution >= 4 is 5.91 Å². The van der Waals surface area contributed by atoms with Gasteiger partial charge in [-0.3, -0.25) is 14.5 Å². The molecule has 2 rings (SSSR count). The highest BCUT2D eigenvalue weighted by atomic mass is 19.4. The Morgan fingerprint density at radius 3 is 2.62 bits per heavy atom. The number of ether oxygens (including phenoxy) is 1. The Hall–Kier alpha value is -2.42. The third-order valence-corrected chi connectivity index (χ3v) is 3.53. The van der Waals surface area contributed by atoms with E-state index < -0.39 is 23.8 Å². The van der Waals surface area contributed by atoms with Crippen LogP contribution in [0.15, 0.2) is 30.5 Å². The number of amides is 1. The average molecular weight is 342 g/mol. The van der Waals surface area contributed by atoms with Gasteiger partial charge in [0, 0.05) is 33.5 Å². The molecule has 2 aromatic rings. The number of hydrogen-bond donors (Lipinski definition) is 0. The molecule has 0 aliphatic rings. The summed E-state index contributed by atoms with van der Waals surface area (Å²) >= 11 is 0. The number of methoxy groups -OCH3 is 1. The summed E-state index contributed by atoms with van der Waals surface area (Å²) in [4.78, 5) is 18.1. The molecule has 24 heavy (non-hydrogen) atoms. The lowest BCUT2D eigenvalue weighted by Gasteiger charge is -2.27. The van der Waals surface area contributed by atoms with E-state index in [1.165, 1.54) is 26.1 Å². The summed E-state index contributed by atoms with van der Waals surface area (Å²) in [6.45, 7) is 0.156. The Morgan fingerprint density at radius 2 is 2.12 bits per heavy atom. The predicted octanol–water partition coefficient (Wildman–Crippen LogP) is 2.29. The van der Waals surface area contributed by atoms with Gasteiger partial charge in [-0.15, -0.1) is 0 Å². The quantitative estimate of drug-likeness (QED) is 0.837. The van der Waals surface area contributed by atoms with E-state index >= 15 is 0 Å². The number of aromatic nitrogens is 3. The average Bonchev–Trinajstić information content (AvgIpc) is 2.94. The van der Waals surface area contributed by atoms with Gasteiger partial charge in [0.25, 0.3) is 5.91 Å². The van der Waals surface area contributed by atoms with Crippen LogP contribution in [0.25, 0.3) is 0 Å². The monoisotopic (exact) mass is 342 g/mol. The minimum atomic E-state index is -4.61. The maximum absolute atomic E-state index is 12.8. The van der Waals surface area contributed by atoms with Gasteiger partial charge in [0.1, 0.15) is 5.69 Å². The number of hydrogen-bond acceptors (Lipinski definition) is 4. The zero-order valence-corrected chi connectivity index (χ0v) is 13.4. The topological polar surface area (TPSA) is 60.2 Å². The minimum Gasteiger partial charge on any atom is -0.382 e. The van der Waals surface area contributed by atoms with E-state index in [1.807, 2.05) is 0 Å². The molecule has 1 unspecified atom stereocenters. The number of carbonyl (C=O) groups is 1. The summed E-state index contributed by atoms with van der Waals surface area (Å²) in [6.07, 6.45) is -3.04. The minimum absolute atomic E-state index is 0.156. The number of nitrogens with zero attached hydrogens (tertiary/aromatic N) is 4. The first-order valence-electron chi connectivity index (χ1n) is 7.04. The highest BCUT2D eigenvalue weighted by Gasteiger charge is 2.36. The number of halogens is 3. The van der Waals surface area contributed by atoms with Crippen molar-refractivity contribution in [2.24, 2.45) is 7.05 Å². The molecule has 0 N–H and O–H groups in total. The zero-order valence-electron chi connectivity index (χ0n) is 13.4. The molecule has 0 saturated carbocycles. The van der Waals surface area contributed by atoms with E-state index in [0.717, 1.165) is 10.7 Å². The first-order valence-corrected chi connectivity index (χ1v) is 7.04. The lowest BCUT2D eigenvalue weighted by molar-refractivity contribution is -0.141. The van der Waals surface area contributed by atoms with Crippen LogP contribution in [0.5, 0.6) is 0 Å². The van der Waals surface area contributed by atoms with Crippen molar-refractivity contribution < 1.29 is 22.7 Å². The second-order valence-electron chi connectivity index (χ2n) is 5.18. The smallest absolute Gasteiger partial charge is 0.382 e. The van der Waals surface area contributed by atoms with E-state index in [9.17, 15) is 18.0 Å². The van der Waals surface area contributed by atoms with Gasteiger partial charge >= 0.3 is 6.18 Å². The normalized spacial score (nSPS) is 12.9. The molecule has 130 valence electrons. The standard InChI is InChI=1S/C15H17F3N4O2/c1-21(12(9-24-3)10-6-4-5-7-19-10)14(23)11-8-13(15(16,17)18)20-22(11)2/h4-8,12H,9H2,1-3H3. The van der Waals surface area contributed by atoms with Crippen LogP contribution in [-0.2, 0) is 18.0 Å². The molecule has 0 aliphatic heterocycles. The van der Waals surface area contributed by atoms with Crippen molar-refractivity contribution in [2.45, 2.75) is 12.2 Å². The summed E-state index contributed by atoms with van der Waals surface area (Å²) in [5, 5.41) is 3.36. The molecule has 0 spiro atoms. The number of aryl methyl sites for hydroxylation is 1. The maximum Gasteiger partial charge on any atom is 0.435 e. The second kappa shape index (κ2) is 7.00. The molecule has 1 amide bonds. The number of pyridine rings is 1. The summed E-state index contributed by atoms with van der Waals surface area (Å²) in [5.41, 5.74) is -0.696. The molecule has 0 bridgehead atoms. The van der Waals surface area contributed by atoms with Gasteiger partial charge in [-0.2, -0.15) is 18.3 Å². The summed E-state index contributed by atoms with van der Waals surface area (Å²) in [5.74, 6) is -0.604. The van der Waals surface area contributed by atoms with Gasteiger partial charge in [0.05, 0.1) is 18.3 Å². The Labute approximate surface area is 136 Å². The summed E-state index contributed by atoms with van der Waals surface area (Å²) in [6, 6.07) is 5.41. The van der Waals surface area contributed by atoms with Crippen LogP contribution < -0.4 is 0 Å². The highest BCUT2D eigenvalue weighted by Crippen LogP contribution is 2.29. The van der Waals surface area contributed by atoms with Crippen LogP contribution in [0.1, 0.15) is 27.9 Å². The van der Waals surface area contributed by atoms with Crippen LogP contribution in [0.4, 0.5) is 13.2 Å². The molecular formula is C15H17F3N4O2. The Morgan fingerprint density at radius 1 is 1.42 bits per heavy atom. The molecule has 0 aliphatic carbocycles. The van der Waals surface area contributed by atoms with Crippen LogP contribution in [0.2, 0.25) is 0 Å². The van der Waals surface area contributed by atoms with Crippen molar-refractivity contribution in [3.05, 3.63) is 47.5 Å². The van der Waals surface area contributed by atoms with Crippen molar-refractivity contribution in [1.82, 2.24) is 19.7 Å². The third kappa shape index (κ3) is 3.73. The van der Waals surface area contributed by atoms with Gasteiger partial charge in [0.15, 0.2) is 5.69 Å². The second-order valence-corrected chi connectivity index (χ2v) is 5.18. The highest BCUT2D eigenvalue weighted by molar-refractivity contribution is 5.92. The van der Waals surface area contributed by atoms with Gasteiger partial charge < -0.3 is 9.64 Å². The van der Waals surface area contributed by atoms with E-state index in [2.05, 4.69) is 10.1 Å². The van der Waals surface area contributed by atoms with Gasteiger partial charge in [-0.05, 0) is 12.1 Å². The Balaban J connectivity index is 2.32. The molecule has 2 aromatic heterocycles. The number of alkyl halides is 3. The predicted molar refractivity (Wildman–Crippen MR) is 79.2 cm³/mol. The number of likely N-dealkylation sites (N-methyl/N-ethyl adjacent to an activating group) is 1. The molecule has 6 nitrogen and oxygen atoms in total. The van der Waals surface area contributed by atoms with Crippen molar-refractivity contribution in [3.8, 4) is 0 Å². The number of carbonyl (C=O) groups excluding carboxylic acids is 1. The van der Waals surface area contributed by atoms with Crippen molar-refractivity contribution in [3.63, 3.8) is 0 Å². The van der Waals surface area contributed by atoms with Crippen LogP contribution in [0.3, 0.4) is 0 Å². The van der Waals surface area contributed by atoms with Gasteiger partial charge in [-0.25, -0.2) is 0 Å². The lowest BCUT2D eigenvalue weighted by atomic mass is 10.1. The SMILES string of the molecule is COCC(c1ccccn1)N(C)C(=O)c1cc(C(F)(F)F)nn1C. The van der Waals surface area contributed by atoms with Crippen LogP contribution >= 0.6 is 0 Å². The molecular weight excluding hydrogens is 325 g/mol. The first-order chi connectivity index (χ1) is 11.3. The van der Waals surface area contributed by atoms with E-state index in [0.29, 0.717) is 5.69 Å². The van der Waals surface area contributed by atoms with Crippen LogP contribution in [-0.4, -0.2) is 46.3 Å². The van der Waals surface area contributed by atoms with Gasteiger partial charge in [-0.1, -0.05) is 6.07 Å². The molecule has 0 saturated heterocycles. The zero-order chi connectivity index (χ0) is 17.9. The lowest BCUT2D eigenvalue weighted by Crippen LogP contribution is -2.35. The van der Waals surface area contributed by atoms with E-state index in [4.69, 9.17) is 4.74 Å². The fourth-order valence-electron chi connectivity index (χ4n) is 2.25. The fourth-order valence-corrected chi connectivity index (χ4v) is 2.25. The maximum atomic E-state index is 12.8. The third-order valence-electron chi connectivity index (χ3n) is 3.53. The van der Waals surface area contributed by atoms with E-state index in [1.54, 1.807) is 24.4 Å².